The summed E-state index contributed by atoms with van der Waals surface area (Å²) >= 11 is 1.17. The molecule has 0 spiro atoms. The van der Waals surface area contributed by atoms with E-state index in [4.69, 9.17) is 9.84 Å². The molecule has 0 bridgehead atoms. The first-order valence-corrected chi connectivity index (χ1v) is 11.2. The number of ketones is 1. The fourth-order valence-electron chi connectivity index (χ4n) is 3.37. The number of hydrogen-bond donors (Lipinski definition) is 2. The number of rotatable bonds is 10. The number of Topliss-reactive ketones (excluding diaryl/α,β-unsaturated/α-hetero) is 1. The van der Waals surface area contributed by atoms with Gasteiger partial charge in [-0.15, -0.1) is 13.2 Å². The molecule has 4 aromatic rings. The molecule has 0 atom stereocenters. The van der Waals surface area contributed by atoms with Gasteiger partial charge >= 0.3 is 6.36 Å². The van der Waals surface area contributed by atoms with E-state index in [0.717, 1.165) is 5.52 Å². The molecule has 4 rings (SSSR count). The van der Waals surface area contributed by atoms with Crippen LogP contribution in [0.2, 0.25) is 0 Å². The minimum Gasteiger partial charge on any atom is -0.406 e. The Labute approximate surface area is 195 Å². The maximum Gasteiger partial charge on any atom is 0.573 e. The molecule has 8 nitrogen and oxygen atoms in total. The summed E-state index contributed by atoms with van der Waals surface area (Å²) < 4.78 is 48.9. The Hall–Kier alpha value is -3.22. The number of ether oxygens (including phenoxy) is 2. The lowest BCUT2D eigenvalue weighted by Crippen LogP contribution is -2.16. The van der Waals surface area contributed by atoms with Crippen LogP contribution in [-0.2, 0) is 11.8 Å². The Morgan fingerprint density at radius 2 is 1.94 bits per heavy atom. The van der Waals surface area contributed by atoms with E-state index in [2.05, 4.69) is 20.0 Å². The van der Waals surface area contributed by atoms with Gasteiger partial charge < -0.3 is 24.5 Å². The smallest absolute Gasteiger partial charge is 0.406 e. The highest BCUT2D eigenvalue weighted by Crippen LogP contribution is 2.33. The van der Waals surface area contributed by atoms with Gasteiger partial charge in [0.2, 0.25) is 5.95 Å². The lowest BCUT2D eigenvalue weighted by Gasteiger charge is -2.07. The van der Waals surface area contributed by atoms with Gasteiger partial charge in [-0.2, -0.15) is 0 Å². The number of aliphatic hydroxyl groups is 1. The molecule has 0 fully saturated rings. The summed E-state index contributed by atoms with van der Waals surface area (Å²) in [7, 11) is 1.79. The maximum absolute atomic E-state index is 12.5. The summed E-state index contributed by atoms with van der Waals surface area (Å²) in [5.74, 6) is 0.145. The molecule has 0 aliphatic rings. The predicted octanol–water partition coefficient (Wildman–Crippen LogP) is 4.80. The van der Waals surface area contributed by atoms with Gasteiger partial charge in [-0.3, -0.25) is 4.79 Å². The van der Waals surface area contributed by atoms with E-state index in [1.165, 1.54) is 29.5 Å². The van der Waals surface area contributed by atoms with Gasteiger partial charge in [0.05, 0.1) is 34.5 Å². The molecule has 0 saturated carbocycles. The maximum atomic E-state index is 12.5. The van der Waals surface area contributed by atoms with Crippen LogP contribution in [0.15, 0.2) is 36.4 Å². The molecule has 0 radical (unpaired) electrons. The van der Waals surface area contributed by atoms with Crippen molar-refractivity contribution in [3.8, 4) is 5.75 Å². The number of aromatic nitrogens is 3. The topological polar surface area (TPSA) is 98.5 Å². The van der Waals surface area contributed by atoms with Gasteiger partial charge in [-0.05, 0) is 36.8 Å². The second kappa shape index (κ2) is 9.95. The first-order chi connectivity index (χ1) is 16.2. The molecule has 2 heterocycles. The summed E-state index contributed by atoms with van der Waals surface area (Å²) in [6, 6.07) is 9.20. The van der Waals surface area contributed by atoms with Crippen molar-refractivity contribution in [2.45, 2.75) is 19.2 Å². The number of imidazole rings is 1. The van der Waals surface area contributed by atoms with Gasteiger partial charge in [0.1, 0.15) is 5.75 Å². The van der Waals surface area contributed by atoms with E-state index in [1.807, 2.05) is 0 Å². The molecule has 0 aliphatic heterocycles. The zero-order valence-electron chi connectivity index (χ0n) is 18.1. The summed E-state index contributed by atoms with van der Waals surface area (Å²) in [5, 5.41) is 12.3. The van der Waals surface area contributed by atoms with E-state index in [9.17, 15) is 18.0 Å². The highest BCUT2D eigenvalue weighted by Gasteiger charge is 2.31. The minimum absolute atomic E-state index is 0.0201. The number of fused-ring (bicyclic) bond motifs is 2. The van der Waals surface area contributed by atoms with Crippen molar-refractivity contribution >= 4 is 49.4 Å². The number of aliphatic hydroxyl groups excluding tert-OH is 1. The summed E-state index contributed by atoms with van der Waals surface area (Å²) in [6.45, 7) is 0.606. The van der Waals surface area contributed by atoms with Crippen LogP contribution in [0, 0.1) is 0 Å². The SMILES string of the molecule is Cn1c(Nc2nc3ccc(OC(F)(F)F)cc3s2)nc2ccc(C(=O)CCCOCCO)cc21. The number of halogens is 3. The van der Waals surface area contributed by atoms with Crippen LogP contribution in [0.4, 0.5) is 24.3 Å². The first kappa shape index (κ1) is 23.9. The molecule has 0 saturated heterocycles. The molecule has 34 heavy (non-hydrogen) atoms. The quantitative estimate of drug-likeness (QED) is 0.241. The average Bonchev–Trinajstić information content (AvgIpc) is 3.32. The van der Waals surface area contributed by atoms with Crippen molar-refractivity contribution in [1.82, 2.24) is 14.5 Å². The monoisotopic (exact) mass is 494 g/mol. The van der Waals surface area contributed by atoms with Crippen molar-refractivity contribution in [2.75, 3.05) is 25.1 Å². The Balaban J connectivity index is 1.49. The number of alkyl halides is 3. The third kappa shape index (κ3) is 5.64. The predicted molar refractivity (Wildman–Crippen MR) is 122 cm³/mol. The summed E-state index contributed by atoms with van der Waals surface area (Å²) in [4.78, 5) is 21.4. The van der Waals surface area contributed by atoms with E-state index in [-0.39, 0.29) is 24.7 Å². The average molecular weight is 494 g/mol. The van der Waals surface area contributed by atoms with Crippen molar-refractivity contribution in [1.29, 1.82) is 0 Å². The third-order valence-corrected chi connectivity index (χ3v) is 5.88. The van der Waals surface area contributed by atoms with E-state index < -0.39 is 6.36 Å². The number of aryl methyl sites for hydroxylation is 1. The molecular formula is C22H21F3N4O4S. The van der Waals surface area contributed by atoms with Crippen molar-refractivity contribution in [3.63, 3.8) is 0 Å². The highest BCUT2D eigenvalue weighted by atomic mass is 32.1. The fraction of sp³-hybridized carbons (Fsp3) is 0.318. The third-order valence-electron chi connectivity index (χ3n) is 4.94. The van der Waals surface area contributed by atoms with Crippen LogP contribution < -0.4 is 10.1 Å². The van der Waals surface area contributed by atoms with E-state index in [1.54, 1.807) is 29.8 Å². The van der Waals surface area contributed by atoms with Crippen LogP contribution in [-0.4, -0.2) is 51.6 Å². The zero-order valence-corrected chi connectivity index (χ0v) is 18.9. The first-order valence-electron chi connectivity index (χ1n) is 10.3. The van der Waals surface area contributed by atoms with E-state index in [0.29, 0.717) is 51.8 Å². The van der Waals surface area contributed by atoms with Crippen LogP contribution in [0.3, 0.4) is 0 Å². The van der Waals surface area contributed by atoms with Gasteiger partial charge in [-0.25, -0.2) is 9.97 Å². The Morgan fingerprint density at radius 3 is 2.71 bits per heavy atom. The van der Waals surface area contributed by atoms with Gasteiger partial charge in [-0.1, -0.05) is 11.3 Å². The van der Waals surface area contributed by atoms with Gasteiger partial charge in [0.15, 0.2) is 10.9 Å². The highest BCUT2D eigenvalue weighted by molar-refractivity contribution is 7.22. The number of carbonyl (C=O) groups excluding carboxylic acids is 1. The minimum atomic E-state index is -4.76. The second-order valence-corrected chi connectivity index (χ2v) is 8.41. The molecule has 0 unspecified atom stereocenters. The van der Waals surface area contributed by atoms with Crippen molar-refractivity contribution in [3.05, 3.63) is 42.0 Å². The van der Waals surface area contributed by atoms with E-state index >= 15 is 0 Å². The van der Waals surface area contributed by atoms with Crippen LogP contribution in [0.1, 0.15) is 23.2 Å². The summed E-state index contributed by atoms with van der Waals surface area (Å²) in [5.41, 5.74) is 2.50. The molecule has 0 aliphatic carbocycles. The Bertz CT molecular complexity index is 1320. The normalized spacial score (nSPS) is 11.9. The lowest BCUT2D eigenvalue weighted by molar-refractivity contribution is -0.274. The van der Waals surface area contributed by atoms with Crippen LogP contribution in [0.25, 0.3) is 21.3 Å². The number of hydrogen-bond acceptors (Lipinski definition) is 8. The molecule has 180 valence electrons. The summed E-state index contributed by atoms with van der Waals surface area (Å²) in [6.07, 6.45) is -3.88. The zero-order chi connectivity index (χ0) is 24.3. The van der Waals surface area contributed by atoms with Crippen molar-refractivity contribution in [2.24, 2.45) is 7.05 Å². The molecule has 2 aromatic heterocycles. The number of carbonyl (C=O) groups is 1. The number of nitrogens with one attached hydrogen (secondary N) is 1. The van der Waals surface area contributed by atoms with Gasteiger partial charge in [0, 0.05) is 31.7 Å². The molecular weight excluding hydrogens is 473 g/mol. The Kier molecular flexibility index (Phi) is 7.00. The molecule has 12 heteroatoms. The number of anilines is 2. The van der Waals surface area contributed by atoms with Crippen LogP contribution >= 0.6 is 11.3 Å². The Morgan fingerprint density at radius 1 is 1.15 bits per heavy atom. The molecule has 0 amide bonds. The van der Waals surface area contributed by atoms with Crippen molar-refractivity contribution < 1.29 is 32.5 Å². The largest absolute Gasteiger partial charge is 0.573 e. The number of nitrogens with zero attached hydrogens (tertiary/aromatic N) is 3. The standard InChI is InChI=1S/C22H21F3N4O4S/c1-29-17-11-13(18(31)3-2-9-32-10-8-30)4-6-15(17)26-20(29)28-21-27-16-7-5-14(12-19(16)34-21)33-22(23,24)25/h4-7,11-12,30H,2-3,8-10H2,1H3,(H,26,27,28). The van der Waals surface area contributed by atoms with Crippen LogP contribution in [0.5, 0.6) is 5.75 Å². The second-order valence-electron chi connectivity index (χ2n) is 7.38. The number of benzene rings is 2. The lowest BCUT2D eigenvalue weighted by atomic mass is 10.1. The molecule has 2 aromatic carbocycles. The number of thiazole rings is 1. The molecule has 2 N–H and O–H groups in total. The fourth-order valence-corrected chi connectivity index (χ4v) is 4.26. The van der Waals surface area contributed by atoms with Gasteiger partial charge in [0.25, 0.3) is 0 Å².